The van der Waals surface area contributed by atoms with Gasteiger partial charge in [-0.15, -0.1) is 0 Å². The Labute approximate surface area is 150 Å². The summed E-state index contributed by atoms with van der Waals surface area (Å²) in [7, 11) is 0. The monoisotopic (exact) mass is 350 g/mol. The number of aryl methyl sites for hydroxylation is 1. The number of nitrogens with one attached hydrogen (secondary N) is 1. The number of para-hydroxylation sites is 1. The van der Waals surface area contributed by atoms with Gasteiger partial charge in [-0.05, 0) is 42.8 Å². The van der Waals surface area contributed by atoms with Gasteiger partial charge in [-0.25, -0.2) is 4.79 Å². The number of carboxylic acids is 1. The highest BCUT2D eigenvalue weighted by atomic mass is 16.4. The van der Waals surface area contributed by atoms with Gasteiger partial charge in [0.1, 0.15) is 6.04 Å². The molecule has 132 valence electrons. The molecule has 1 aliphatic rings. The van der Waals surface area contributed by atoms with E-state index in [9.17, 15) is 19.5 Å². The van der Waals surface area contributed by atoms with Gasteiger partial charge in [-0.1, -0.05) is 36.9 Å². The maximum Gasteiger partial charge on any atom is 0.326 e. The van der Waals surface area contributed by atoms with Crippen molar-refractivity contribution in [2.24, 2.45) is 0 Å². The fraction of sp³-hybridized carbons (Fsp3) is 0.150. The van der Waals surface area contributed by atoms with Crippen LogP contribution in [0.5, 0.6) is 0 Å². The maximum absolute atomic E-state index is 12.5. The lowest BCUT2D eigenvalue weighted by Crippen LogP contribution is -2.45. The summed E-state index contributed by atoms with van der Waals surface area (Å²) >= 11 is 0. The molecule has 2 amide bonds. The fourth-order valence-corrected chi connectivity index (χ4v) is 3.14. The van der Waals surface area contributed by atoms with Crippen LogP contribution in [-0.2, 0) is 11.2 Å². The van der Waals surface area contributed by atoms with E-state index < -0.39 is 23.8 Å². The third-order valence-electron chi connectivity index (χ3n) is 4.38. The van der Waals surface area contributed by atoms with Crippen molar-refractivity contribution < 1.29 is 19.5 Å². The molecule has 0 spiro atoms. The van der Waals surface area contributed by atoms with Crippen molar-refractivity contribution in [2.75, 3.05) is 5.32 Å². The Bertz CT molecular complexity index is 856. The second-order valence-electron chi connectivity index (χ2n) is 5.92. The number of nitrogens with zero attached hydrogens (tertiary/aromatic N) is 1. The predicted octanol–water partition coefficient (Wildman–Crippen LogP) is 2.92. The number of benzene rings is 2. The fourth-order valence-electron chi connectivity index (χ4n) is 3.14. The van der Waals surface area contributed by atoms with Crippen LogP contribution in [0.2, 0.25) is 0 Å². The minimum absolute atomic E-state index is 0.122. The lowest BCUT2D eigenvalue weighted by atomic mass is 10.0. The van der Waals surface area contributed by atoms with Crippen LogP contribution in [0.15, 0.2) is 61.3 Å². The molecular weight excluding hydrogens is 332 g/mol. The van der Waals surface area contributed by atoms with Crippen molar-refractivity contribution >= 4 is 23.5 Å². The molecule has 0 radical (unpaired) electrons. The van der Waals surface area contributed by atoms with Crippen molar-refractivity contribution in [3.8, 4) is 0 Å². The van der Waals surface area contributed by atoms with Gasteiger partial charge < -0.3 is 10.4 Å². The van der Waals surface area contributed by atoms with Crippen LogP contribution in [0, 0.1) is 0 Å². The SMILES string of the molecule is C=CNc1ccccc1CCC(C(=O)O)N1C(=O)c2ccccc2C1=O. The number of hydrogen-bond donors (Lipinski definition) is 2. The van der Waals surface area contributed by atoms with Gasteiger partial charge in [0.15, 0.2) is 0 Å². The van der Waals surface area contributed by atoms with E-state index >= 15 is 0 Å². The quantitative estimate of drug-likeness (QED) is 0.750. The first-order valence-corrected chi connectivity index (χ1v) is 8.19. The Morgan fingerprint density at radius 1 is 1.08 bits per heavy atom. The summed E-state index contributed by atoms with van der Waals surface area (Å²) in [5.74, 6) is -2.32. The van der Waals surface area contributed by atoms with Crippen LogP contribution < -0.4 is 5.32 Å². The van der Waals surface area contributed by atoms with Crippen molar-refractivity contribution in [3.05, 3.63) is 78.0 Å². The molecule has 1 aliphatic heterocycles. The van der Waals surface area contributed by atoms with Gasteiger partial charge in [0.05, 0.1) is 11.1 Å². The van der Waals surface area contributed by atoms with Gasteiger partial charge in [0.25, 0.3) is 11.8 Å². The maximum atomic E-state index is 12.5. The number of carboxylic acid groups (broad SMARTS) is 1. The Morgan fingerprint density at radius 2 is 1.65 bits per heavy atom. The van der Waals surface area contributed by atoms with Gasteiger partial charge in [-0.3, -0.25) is 14.5 Å². The second kappa shape index (κ2) is 7.23. The summed E-state index contributed by atoms with van der Waals surface area (Å²) in [6.45, 7) is 3.62. The minimum atomic E-state index is -1.22. The number of rotatable bonds is 7. The van der Waals surface area contributed by atoms with Crippen LogP contribution in [-0.4, -0.2) is 33.8 Å². The van der Waals surface area contributed by atoms with Crippen molar-refractivity contribution in [1.29, 1.82) is 0 Å². The smallest absolute Gasteiger partial charge is 0.326 e. The normalized spacial score (nSPS) is 14.1. The van der Waals surface area contributed by atoms with Gasteiger partial charge in [0, 0.05) is 5.69 Å². The van der Waals surface area contributed by atoms with E-state index in [1.165, 1.54) is 18.3 Å². The summed E-state index contributed by atoms with van der Waals surface area (Å²) < 4.78 is 0. The second-order valence-corrected chi connectivity index (χ2v) is 5.92. The molecule has 3 rings (SSSR count). The van der Waals surface area contributed by atoms with Crippen LogP contribution in [0.25, 0.3) is 0 Å². The molecule has 6 nitrogen and oxygen atoms in total. The molecular formula is C20H18N2O4. The number of amides is 2. The third-order valence-corrected chi connectivity index (χ3v) is 4.38. The summed E-state index contributed by atoms with van der Waals surface area (Å²) in [5, 5.41) is 12.6. The molecule has 2 aromatic carbocycles. The van der Waals surface area contributed by atoms with Crippen LogP contribution >= 0.6 is 0 Å². The first-order valence-electron chi connectivity index (χ1n) is 8.19. The van der Waals surface area contributed by atoms with E-state index in [0.29, 0.717) is 6.42 Å². The van der Waals surface area contributed by atoms with Crippen LogP contribution in [0.1, 0.15) is 32.7 Å². The molecule has 26 heavy (non-hydrogen) atoms. The molecule has 0 fully saturated rings. The average molecular weight is 350 g/mol. The molecule has 1 unspecified atom stereocenters. The van der Waals surface area contributed by atoms with E-state index in [1.807, 2.05) is 24.3 Å². The lowest BCUT2D eigenvalue weighted by molar-refractivity contribution is -0.141. The summed E-state index contributed by atoms with van der Waals surface area (Å²) in [5.41, 5.74) is 2.19. The van der Waals surface area contributed by atoms with Gasteiger partial charge >= 0.3 is 5.97 Å². The van der Waals surface area contributed by atoms with E-state index in [1.54, 1.807) is 12.1 Å². The largest absolute Gasteiger partial charge is 0.480 e. The first-order chi connectivity index (χ1) is 12.5. The summed E-state index contributed by atoms with van der Waals surface area (Å²) in [6.07, 6.45) is 2.05. The zero-order valence-electron chi connectivity index (χ0n) is 14.0. The van der Waals surface area contributed by atoms with E-state index in [2.05, 4.69) is 11.9 Å². The Kier molecular flexibility index (Phi) is 4.84. The lowest BCUT2D eigenvalue weighted by Gasteiger charge is -2.23. The van der Waals surface area contributed by atoms with Gasteiger partial charge in [0.2, 0.25) is 0 Å². The Morgan fingerprint density at radius 3 is 2.23 bits per heavy atom. The molecule has 1 heterocycles. The minimum Gasteiger partial charge on any atom is -0.480 e. The van der Waals surface area contributed by atoms with Crippen molar-refractivity contribution in [3.63, 3.8) is 0 Å². The number of hydrogen-bond acceptors (Lipinski definition) is 4. The van der Waals surface area contributed by atoms with E-state index in [4.69, 9.17) is 0 Å². The van der Waals surface area contributed by atoms with E-state index in [0.717, 1.165) is 16.2 Å². The molecule has 6 heteroatoms. The number of aliphatic carboxylic acids is 1. The summed E-state index contributed by atoms with van der Waals surface area (Å²) in [6, 6.07) is 12.6. The van der Waals surface area contributed by atoms with Crippen molar-refractivity contribution in [2.45, 2.75) is 18.9 Å². The highest BCUT2D eigenvalue weighted by Gasteiger charge is 2.42. The number of fused-ring (bicyclic) bond motifs is 1. The van der Waals surface area contributed by atoms with E-state index in [-0.39, 0.29) is 17.5 Å². The predicted molar refractivity (Wildman–Crippen MR) is 96.9 cm³/mol. The number of anilines is 1. The Hall–Kier alpha value is -3.41. The number of imide groups is 1. The van der Waals surface area contributed by atoms with Crippen LogP contribution in [0.3, 0.4) is 0 Å². The van der Waals surface area contributed by atoms with Gasteiger partial charge in [-0.2, -0.15) is 0 Å². The summed E-state index contributed by atoms with van der Waals surface area (Å²) in [4.78, 5) is 37.7. The average Bonchev–Trinajstić information content (AvgIpc) is 2.89. The highest BCUT2D eigenvalue weighted by Crippen LogP contribution is 2.27. The van der Waals surface area contributed by atoms with Crippen LogP contribution in [0.4, 0.5) is 5.69 Å². The zero-order chi connectivity index (χ0) is 18.7. The highest BCUT2D eigenvalue weighted by molar-refractivity contribution is 6.22. The molecule has 2 aromatic rings. The molecule has 0 saturated heterocycles. The molecule has 0 saturated carbocycles. The molecule has 0 aliphatic carbocycles. The van der Waals surface area contributed by atoms with Crippen molar-refractivity contribution in [1.82, 2.24) is 4.90 Å². The first kappa shape index (κ1) is 17.4. The Balaban J connectivity index is 1.84. The molecule has 2 N–H and O–H groups in total. The standard InChI is InChI=1S/C20H18N2O4/c1-2-21-16-10-6-3-7-13(16)11-12-17(20(25)26)22-18(23)14-8-4-5-9-15(14)19(22)24/h2-10,17,21H,1,11-12H2,(H,25,26). The molecule has 0 aromatic heterocycles. The molecule has 1 atom stereocenters. The zero-order valence-corrected chi connectivity index (χ0v) is 14.0. The third kappa shape index (κ3) is 3.09. The number of carbonyl (C=O) groups excluding carboxylic acids is 2. The molecule has 0 bridgehead atoms. The topological polar surface area (TPSA) is 86.7 Å². The number of carbonyl (C=O) groups is 3.